The molecule has 2 unspecified atom stereocenters. The highest BCUT2D eigenvalue weighted by atomic mass is 16.5. The van der Waals surface area contributed by atoms with Crippen LogP contribution in [0.4, 0.5) is 0 Å². The average molecular weight is 903 g/mol. The van der Waals surface area contributed by atoms with Crippen molar-refractivity contribution < 1.29 is 28.5 Å². The number of nitrogens with one attached hydrogen (secondary N) is 2. The molecule has 12 rings (SSSR count). The Morgan fingerprint density at radius 2 is 1.04 bits per heavy atom. The van der Waals surface area contributed by atoms with Gasteiger partial charge in [-0.05, 0) is 85.0 Å². The molecule has 0 amide bonds. The Hall–Kier alpha value is -6.06. The summed E-state index contributed by atoms with van der Waals surface area (Å²) in [7, 11) is 1.40. The molecule has 67 heavy (non-hydrogen) atoms. The first-order chi connectivity index (χ1) is 32.7. The van der Waals surface area contributed by atoms with Crippen LogP contribution in [0.3, 0.4) is 0 Å². The van der Waals surface area contributed by atoms with Crippen LogP contribution in [-0.4, -0.2) is 106 Å². The van der Waals surface area contributed by atoms with E-state index in [4.69, 9.17) is 28.9 Å². The number of carbonyl (C=O) groups is 2. The number of ether oxygens (including phenoxy) is 1. The quantitative estimate of drug-likeness (QED) is 0.0741. The monoisotopic (exact) mass is 902 g/mol. The van der Waals surface area contributed by atoms with Crippen LogP contribution in [0.5, 0.6) is 0 Å². The Bertz CT molecular complexity index is 2650. The Labute approximate surface area is 390 Å². The fourth-order valence-electron chi connectivity index (χ4n) is 9.97. The van der Waals surface area contributed by atoms with Crippen LogP contribution >= 0.6 is 0 Å². The van der Waals surface area contributed by atoms with Crippen LogP contribution in [0.1, 0.15) is 129 Å². The molecule has 4 aliphatic carbocycles. The van der Waals surface area contributed by atoms with E-state index in [0.717, 1.165) is 107 Å². The van der Waals surface area contributed by atoms with Gasteiger partial charge in [-0.15, -0.1) is 0 Å². The molecule has 4 heterocycles. The summed E-state index contributed by atoms with van der Waals surface area (Å²) in [5.41, 5.74) is 6.13. The Kier molecular flexibility index (Phi) is 11.8. The van der Waals surface area contributed by atoms with E-state index in [-0.39, 0.29) is 22.7 Å². The molecule has 0 bridgehead atoms. The minimum Gasteiger partial charge on any atom is -0.478 e. The van der Waals surface area contributed by atoms with E-state index < -0.39 is 5.97 Å². The molecule has 4 atom stereocenters. The first kappa shape index (κ1) is 43.5. The standard InChI is InChI=1S/C27H30N4O3.C26H28N4O3/c1-33-25(32)20-9-7-18(8-10-20)14-31-15-21(16-31)24-29-26(30-34-24)27(11-12-27)17-28-23-13-22(23)19-5-3-2-4-6-19;31-24(32)19-8-6-17(7-9-19)13-30-14-20(15-30)23-28-25(29-33-23)26(10-11-26)16-27-22-12-21(22)18-4-2-1-3-5-18/h2-10,21-23,28H,11-17H2,1H3;1-9,20-22,27H,10-16H2,(H,31,32)/t22?,23-;21?,22-/m00/s1. The Morgan fingerprint density at radius 1 is 0.627 bits per heavy atom. The van der Waals surface area contributed by atoms with Gasteiger partial charge < -0.3 is 29.5 Å². The van der Waals surface area contributed by atoms with E-state index in [2.05, 4.69) is 91.4 Å². The third-order valence-corrected chi connectivity index (χ3v) is 15.0. The number of aromatic nitrogens is 4. The number of nitrogens with zero attached hydrogens (tertiary/aromatic N) is 6. The molecule has 3 N–H and O–H groups in total. The highest BCUT2D eigenvalue weighted by molar-refractivity contribution is 5.89. The van der Waals surface area contributed by atoms with Gasteiger partial charge in [-0.25, -0.2) is 9.59 Å². The number of esters is 1. The van der Waals surface area contributed by atoms with E-state index in [1.54, 1.807) is 12.1 Å². The summed E-state index contributed by atoms with van der Waals surface area (Å²) in [6.07, 6.45) is 6.89. The van der Waals surface area contributed by atoms with Crippen molar-refractivity contribution in [1.29, 1.82) is 0 Å². The minimum absolute atomic E-state index is 0.0426. The highest BCUT2D eigenvalue weighted by Gasteiger charge is 2.52. The fraction of sp³-hybridized carbons (Fsp3) is 0.434. The molecule has 0 spiro atoms. The van der Waals surface area contributed by atoms with Gasteiger partial charge in [0.1, 0.15) is 0 Å². The van der Waals surface area contributed by atoms with Crippen LogP contribution in [0.15, 0.2) is 118 Å². The van der Waals surface area contributed by atoms with Crippen molar-refractivity contribution in [3.05, 3.63) is 166 Å². The lowest BCUT2D eigenvalue weighted by molar-refractivity contribution is 0.0599. The molecule has 14 heteroatoms. The topological polar surface area (TPSA) is 172 Å². The van der Waals surface area contributed by atoms with Crippen molar-refractivity contribution in [2.45, 2.75) is 98.2 Å². The molecule has 6 aliphatic rings. The SMILES string of the molecule is COC(=O)c1ccc(CN2CC(c3nc(C4(CN[C@H]5CC5c5ccccc5)CC4)no3)C2)cc1.O=C(O)c1ccc(CN2CC(c3nc(C4(CN[C@H]5CC5c5ccccc5)CC4)no3)C2)cc1. The largest absolute Gasteiger partial charge is 0.478 e. The Morgan fingerprint density at radius 3 is 1.43 bits per heavy atom. The maximum absolute atomic E-state index is 11.6. The van der Waals surface area contributed by atoms with Crippen LogP contribution in [0.25, 0.3) is 0 Å². The minimum atomic E-state index is -0.894. The summed E-state index contributed by atoms with van der Waals surface area (Å²) in [6.45, 7) is 7.08. The Balaban J connectivity index is 0.000000148. The van der Waals surface area contributed by atoms with Gasteiger partial charge in [0, 0.05) is 87.1 Å². The second-order valence-electron chi connectivity index (χ2n) is 19.9. The molecular weight excluding hydrogens is 845 g/mol. The van der Waals surface area contributed by atoms with Crippen LogP contribution in [0.2, 0.25) is 0 Å². The zero-order chi connectivity index (χ0) is 45.5. The van der Waals surface area contributed by atoms with Gasteiger partial charge in [0.25, 0.3) is 0 Å². The summed E-state index contributed by atoms with van der Waals surface area (Å²) in [6, 6.07) is 37.3. The number of carbonyl (C=O) groups excluding carboxylic acids is 1. The number of hydrogen-bond donors (Lipinski definition) is 3. The zero-order valence-corrected chi connectivity index (χ0v) is 37.9. The number of likely N-dealkylation sites (tertiary alicyclic amines) is 2. The first-order valence-electron chi connectivity index (χ1n) is 23.9. The summed E-state index contributed by atoms with van der Waals surface area (Å²) in [5, 5.41) is 25.3. The molecular formula is C53H58N8O6. The summed E-state index contributed by atoms with van der Waals surface area (Å²) in [4.78, 5) is 36.9. The van der Waals surface area contributed by atoms with Crippen molar-refractivity contribution in [3.8, 4) is 0 Å². The molecule has 6 fully saturated rings. The number of carboxylic acid groups (broad SMARTS) is 1. The van der Waals surface area contributed by atoms with Crippen molar-refractivity contribution in [2.24, 2.45) is 0 Å². The third-order valence-electron chi connectivity index (χ3n) is 15.0. The van der Waals surface area contributed by atoms with E-state index in [0.29, 0.717) is 41.0 Å². The van der Waals surface area contributed by atoms with E-state index in [1.165, 1.54) is 36.6 Å². The number of methoxy groups -OCH3 is 1. The molecule has 346 valence electrons. The normalized spacial score (nSPS) is 23.5. The van der Waals surface area contributed by atoms with Crippen molar-refractivity contribution >= 4 is 11.9 Å². The number of benzene rings is 4. The van der Waals surface area contributed by atoms with Gasteiger partial charge in [0.15, 0.2) is 11.6 Å². The lowest BCUT2D eigenvalue weighted by atomic mass is 9.98. The highest BCUT2D eigenvalue weighted by Crippen LogP contribution is 2.50. The van der Waals surface area contributed by atoms with Gasteiger partial charge in [0.05, 0.1) is 30.1 Å². The molecule has 4 saturated carbocycles. The number of hydrogen-bond acceptors (Lipinski definition) is 13. The second-order valence-corrected chi connectivity index (χ2v) is 19.9. The number of rotatable bonds is 18. The van der Waals surface area contributed by atoms with Crippen molar-refractivity contribution in [2.75, 3.05) is 46.4 Å². The van der Waals surface area contributed by atoms with Gasteiger partial charge in [-0.2, -0.15) is 9.97 Å². The molecule has 2 saturated heterocycles. The summed E-state index contributed by atoms with van der Waals surface area (Å²) >= 11 is 0. The van der Waals surface area contributed by atoms with Crippen LogP contribution in [0, 0.1) is 0 Å². The molecule has 2 aromatic heterocycles. The predicted molar refractivity (Wildman–Crippen MR) is 249 cm³/mol. The van der Waals surface area contributed by atoms with E-state index in [1.807, 2.05) is 36.4 Å². The van der Waals surface area contributed by atoms with Gasteiger partial charge in [-0.1, -0.05) is 95.2 Å². The molecule has 0 radical (unpaired) electrons. The predicted octanol–water partition coefficient (Wildman–Crippen LogP) is 7.18. The van der Waals surface area contributed by atoms with Gasteiger partial charge >= 0.3 is 11.9 Å². The maximum Gasteiger partial charge on any atom is 0.337 e. The van der Waals surface area contributed by atoms with Crippen LogP contribution < -0.4 is 10.6 Å². The van der Waals surface area contributed by atoms with E-state index >= 15 is 0 Å². The zero-order valence-electron chi connectivity index (χ0n) is 37.9. The second kappa shape index (κ2) is 18.2. The lowest BCUT2D eigenvalue weighted by Gasteiger charge is -2.37. The lowest BCUT2D eigenvalue weighted by Crippen LogP contribution is -2.44. The summed E-state index contributed by atoms with van der Waals surface area (Å²) < 4.78 is 16.1. The maximum atomic E-state index is 11.6. The first-order valence-corrected chi connectivity index (χ1v) is 23.9. The molecule has 6 aromatic rings. The summed E-state index contributed by atoms with van der Waals surface area (Å²) in [5.74, 6) is 3.90. The number of aromatic carboxylic acids is 1. The molecule has 4 aromatic carbocycles. The smallest absolute Gasteiger partial charge is 0.337 e. The average Bonchev–Trinajstić information content (AvgIpc) is 4.24. The molecule has 14 nitrogen and oxygen atoms in total. The van der Waals surface area contributed by atoms with Crippen LogP contribution in [-0.2, 0) is 28.7 Å². The van der Waals surface area contributed by atoms with Gasteiger partial charge in [-0.3, -0.25) is 9.80 Å². The van der Waals surface area contributed by atoms with E-state index in [9.17, 15) is 9.59 Å². The van der Waals surface area contributed by atoms with Crippen molar-refractivity contribution in [3.63, 3.8) is 0 Å². The fourth-order valence-corrected chi connectivity index (χ4v) is 9.97. The number of carboxylic acids is 1. The van der Waals surface area contributed by atoms with Crippen molar-refractivity contribution in [1.82, 2.24) is 40.7 Å². The third kappa shape index (κ3) is 9.71. The molecule has 2 aliphatic heterocycles. The van der Waals surface area contributed by atoms with Gasteiger partial charge in [0.2, 0.25) is 11.8 Å².